The molecular formula is C22H20N2. The van der Waals surface area contributed by atoms with E-state index in [9.17, 15) is 0 Å². The molecule has 1 N–H and O–H groups in total. The third-order valence-electron chi connectivity index (χ3n) is 4.49. The third-order valence-corrected chi connectivity index (χ3v) is 4.49. The van der Waals surface area contributed by atoms with E-state index in [0.29, 0.717) is 0 Å². The fourth-order valence-electron chi connectivity index (χ4n) is 3.25. The van der Waals surface area contributed by atoms with Crippen LogP contribution in [0.5, 0.6) is 0 Å². The van der Waals surface area contributed by atoms with E-state index < -0.39 is 0 Å². The van der Waals surface area contributed by atoms with Crippen LogP contribution in [-0.2, 0) is 6.42 Å². The summed E-state index contributed by atoms with van der Waals surface area (Å²) in [6.07, 6.45) is 5.05. The van der Waals surface area contributed by atoms with Crippen molar-refractivity contribution in [1.29, 1.82) is 0 Å². The first-order valence-electron chi connectivity index (χ1n) is 8.38. The molecule has 0 aliphatic heterocycles. The summed E-state index contributed by atoms with van der Waals surface area (Å²) in [5.41, 5.74) is 8.41. The van der Waals surface area contributed by atoms with E-state index in [1.54, 1.807) is 0 Å². The van der Waals surface area contributed by atoms with Crippen molar-refractivity contribution in [3.05, 3.63) is 78.1 Å². The minimum atomic E-state index is 0.934. The highest BCUT2D eigenvalue weighted by atomic mass is 14.8. The maximum Gasteiger partial charge on any atom is 0.137 e. The van der Waals surface area contributed by atoms with Crippen molar-refractivity contribution in [3.63, 3.8) is 0 Å². The largest absolute Gasteiger partial charge is 0.346 e. The summed E-state index contributed by atoms with van der Waals surface area (Å²) in [6, 6.07) is 19.4. The Labute approximate surface area is 142 Å². The van der Waals surface area contributed by atoms with Crippen molar-refractivity contribution in [3.8, 4) is 22.3 Å². The molecule has 2 nitrogen and oxygen atoms in total. The highest BCUT2D eigenvalue weighted by Crippen LogP contribution is 2.32. The first-order chi connectivity index (χ1) is 11.7. The molecule has 0 bridgehead atoms. The number of aromatic nitrogens is 2. The average molecular weight is 312 g/mol. The van der Waals surface area contributed by atoms with Crippen LogP contribution in [0.15, 0.2) is 67.0 Å². The zero-order chi connectivity index (χ0) is 16.5. The van der Waals surface area contributed by atoms with Gasteiger partial charge in [-0.1, -0.05) is 61.0 Å². The molecule has 0 unspecified atom stereocenters. The Bertz CT molecular complexity index is 997. The highest BCUT2D eigenvalue weighted by molar-refractivity contribution is 5.96. The quantitative estimate of drug-likeness (QED) is 0.511. The number of hydrogen-bond acceptors (Lipinski definition) is 1. The van der Waals surface area contributed by atoms with E-state index in [1.807, 2.05) is 12.3 Å². The summed E-state index contributed by atoms with van der Waals surface area (Å²) < 4.78 is 0. The van der Waals surface area contributed by atoms with E-state index in [0.717, 1.165) is 17.6 Å². The first-order valence-corrected chi connectivity index (χ1v) is 8.38. The Hall–Kier alpha value is -2.87. The molecule has 24 heavy (non-hydrogen) atoms. The maximum absolute atomic E-state index is 4.61. The summed E-state index contributed by atoms with van der Waals surface area (Å²) in [5, 5.41) is 1.17. The van der Waals surface area contributed by atoms with Crippen molar-refractivity contribution in [2.45, 2.75) is 20.3 Å². The topological polar surface area (TPSA) is 28.7 Å². The molecule has 0 aliphatic rings. The van der Waals surface area contributed by atoms with Gasteiger partial charge in [-0.15, -0.1) is 0 Å². The summed E-state index contributed by atoms with van der Waals surface area (Å²) in [7, 11) is 0. The lowest BCUT2D eigenvalue weighted by atomic mass is 9.98. The van der Waals surface area contributed by atoms with Gasteiger partial charge in [0.05, 0.1) is 0 Å². The van der Waals surface area contributed by atoms with Crippen molar-refractivity contribution in [1.82, 2.24) is 9.97 Å². The molecule has 0 radical (unpaired) electrons. The van der Waals surface area contributed by atoms with Gasteiger partial charge in [-0.3, -0.25) is 0 Å². The highest BCUT2D eigenvalue weighted by Gasteiger charge is 2.10. The monoisotopic (exact) mass is 312 g/mol. The molecule has 4 aromatic rings. The van der Waals surface area contributed by atoms with Gasteiger partial charge in [-0.2, -0.15) is 0 Å². The van der Waals surface area contributed by atoms with Gasteiger partial charge in [0.25, 0.3) is 0 Å². The number of benzene rings is 2. The predicted molar refractivity (Wildman–Crippen MR) is 101 cm³/mol. The zero-order valence-corrected chi connectivity index (χ0v) is 14.0. The van der Waals surface area contributed by atoms with Crippen LogP contribution < -0.4 is 0 Å². The first kappa shape index (κ1) is 14.7. The van der Waals surface area contributed by atoms with Gasteiger partial charge in [0, 0.05) is 28.9 Å². The second kappa shape index (κ2) is 5.97. The minimum absolute atomic E-state index is 0.934. The third kappa shape index (κ3) is 2.61. The molecule has 4 rings (SSSR count). The van der Waals surface area contributed by atoms with Gasteiger partial charge in [0.1, 0.15) is 5.65 Å². The Morgan fingerprint density at radius 2 is 1.75 bits per heavy atom. The fraction of sp³-hybridized carbons (Fsp3) is 0.136. The summed E-state index contributed by atoms with van der Waals surface area (Å²) in [5.74, 6) is 0. The van der Waals surface area contributed by atoms with Gasteiger partial charge in [-0.25, -0.2) is 4.98 Å². The number of nitrogens with zero attached hydrogens (tertiary/aromatic N) is 1. The molecule has 2 aromatic carbocycles. The number of aryl methyl sites for hydroxylation is 2. The number of nitrogens with one attached hydrogen (secondary N) is 1. The van der Waals surface area contributed by atoms with Crippen LogP contribution in [0.3, 0.4) is 0 Å². The van der Waals surface area contributed by atoms with Crippen LogP contribution in [0, 0.1) is 6.92 Å². The normalized spacial score (nSPS) is 11.1. The lowest BCUT2D eigenvalue weighted by Crippen LogP contribution is -1.86. The summed E-state index contributed by atoms with van der Waals surface area (Å²) >= 11 is 0. The lowest BCUT2D eigenvalue weighted by Gasteiger charge is -2.07. The molecular weight excluding hydrogens is 292 g/mol. The average Bonchev–Trinajstić information content (AvgIpc) is 3.05. The standard InChI is InChI=1S/C22H20N2/c1-3-16-9-15(2)10-18(11-16)21-14-24-22-20(21)12-19(13-23-22)17-7-5-4-6-8-17/h4-14H,3H2,1-2H3,(H,23,24). The van der Waals surface area contributed by atoms with Crippen LogP contribution in [0.25, 0.3) is 33.3 Å². The molecule has 0 amide bonds. The number of fused-ring (bicyclic) bond motifs is 1. The van der Waals surface area contributed by atoms with E-state index in [-0.39, 0.29) is 0 Å². The van der Waals surface area contributed by atoms with Crippen molar-refractivity contribution >= 4 is 11.0 Å². The molecule has 0 saturated heterocycles. The van der Waals surface area contributed by atoms with E-state index in [4.69, 9.17) is 0 Å². The number of pyridine rings is 1. The molecule has 0 spiro atoms. The minimum Gasteiger partial charge on any atom is -0.346 e. The van der Waals surface area contributed by atoms with Crippen LogP contribution in [-0.4, -0.2) is 9.97 Å². The number of rotatable bonds is 3. The Morgan fingerprint density at radius 1 is 0.917 bits per heavy atom. The van der Waals surface area contributed by atoms with Gasteiger partial charge >= 0.3 is 0 Å². The number of hydrogen-bond donors (Lipinski definition) is 1. The fourth-order valence-corrected chi connectivity index (χ4v) is 3.25. The SMILES string of the molecule is CCc1cc(C)cc(-c2c[nH]c3ncc(-c4ccccc4)cc23)c1. The van der Waals surface area contributed by atoms with Gasteiger partial charge in [0.2, 0.25) is 0 Å². The van der Waals surface area contributed by atoms with E-state index >= 15 is 0 Å². The smallest absolute Gasteiger partial charge is 0.137 e. The Balaban J connectivity index is 1.89. The molecule has 118 valence electrons. The second-order valence-corrected chi connectivity index (χ2v) is 6.25. The van der Waals surface area contributed by atoms with E-state index in [1.165, 1.54) is 33.2 Å². The molecule has 0 aliphatic carbocycles. The Kier molecular flexibility index (Phi) is 3.66. The molecule has 2 heterocycles. The van der Waals surface area contributed by atoms with Crippen molar-refractivity contribution in [2.75, 3.05) is 0 Å². The molecule has 2 heteroatoms. The molecule has 2 aromatic heterocycles. The summed E-state index contributed by atoms with van der Waals surface area (Å²) in [4.78, 5) is 7.92. The predicted octanol–water partition coefficient (Wildman–Crippen LogP) is 5.77. The van der Waals surface area contributed by atoms with Gasteiger partial charge in [0.15, 0.2) is 0 Å². The van der Waals surface area contributed by atoms with Crippen LogP contribution in [0.4, 0.5) is 0 Å². The molecule has 0 atom stereocenters. The van der Waals surface area contributed by atoms with Gasteiger partial charge < -0.3 is 4.98 Å². The lowest BCUT2D eigenvalue weighted by molar-refractivity contribution is 1.13. The zero-order valence-electron chi connectivity index (χ0n) is 14.0. The van der Waals surface area contributed by atoms with Crippen LogP contribution in [0.2, 0.25) is 0 Å². The summed E-state index contributed by atoms with van der Waals surface area (Å²) in [6.45, 7) is 4.36. The molecule has 0 saturated carbocycles. The van der Waals surface area contributed by atoms with Crippen LogP contribution in [0.1, 0.15) is 18.1 Å². The Morgan fingerprint density at radius 3 is 2.54 bits per heavy atom. The maximum atomic E-state index is 4.61. The second-order valence-electron chi connectivity index (χ2n) is 6.25. The number of aromatic amines is 1. The van der Waals surface area contributed by atoms with E-state index in [2.05, 4.69) is 78.5 Å². The van der Waals surface area contributed by atoms with Crippen molar-refractivity contribution < 1.29 is 0 Å². The number of H-pyrrole nitrogens is 1. The van der Waals surface area contributed by atoms with Gasteiger partial charge in [-0.05, 0) is 36.1 Å². The van der Waals surface area contributed by atoms with Crippen molar-refractivity contribution in [2.24, 2.45) is 0 Å². The molecule has 0 fully saturated rings. The van der Waals surface area contributed by atoms with Crippen LogP contribution >= 0.6 is 0 Å².